The fraction of sp³-hybridized carbons (Fsp3) is 0.400. The molecule has 1 heterocycles. The lowest BCUT2D eigenvalue weighted by Crippen LogP contribution is -2.43. The van der Waals surface area contributed by atoms with Crippen LogP contribution in [0.1, 0.15) is 22.8 Å². The van der Waals surface area contributed by atoms with Crippen molar-refractivity contribution in [3.63, 3.8) is 0 Å². The van der Waals surface area contributed by atoms with Crippen molar-refractivity contribution in [2.75, 3.05) is 7.05 Å². The molecule has 0 aliphatic rings. The van der Waals surface area contributed by atoms with Crippen molar-refractivity contribution in [2.24, 2.45) is 10.9 Å². The van der Waals surface area contributed by atoms with Gasteiger partial charge in [0, 0.05) is 12.4 Å². The van der Waals surface area contributed by atoms with E-state index in [2.05, 4.69) is 5.16 Å². The zero-order valence-electron chi connectivity index (χ0n) is 9.47. The molecule has 1 atom stereocenters. The highest BCUT2D eigenvalue weighted by Gasteiger charge is 2.22. The first kappa shape index (κ1) is 12.5. The van der Waals surface area contributed by atoms with Crippen molar-refractivity contribution in [2.45, 2.75) is 19.9 Å². The van der Waals surface area contributed by atoms with Crippen LogP contribution < -0.4 is 5.73 Å². The van der Waals surface area contributed by atoms with Gasteiger partial charge >= 0.3 is 0 Å². The molecule has 5 nitrogen and oxygen atoms in total. The summed E-state index contributed by atoms with van der Waals surface area (Å²) in [5.41, 5.74) is 7.05. The van der Waals surface area contributed by atoms with E-state index < -0.39 is 6.04 Å². The Kier molecular flexibility index (Phi) is 3.89. The maximum Gasteiger partial charge on any atom is 0.255 e. The van der Waals surface area contributed by atoms with E-state index in [0.717, 1.165) is 5.56 Å². The van der Waals surface area contributed by atoms with Gasteiger partial charge in [0.1, 0.15) is 0 Å². The zero-order valence-corrected chi connectivity index (χ0v) is 10.3. The standard InChI is InChI=1S/C10H15N3O2S/c1-6-4-16-5-8(6)10(14)13(3)7(2)9(11)12-15/h4-5,7,15H,1-3H3,(H2,11,12). The lowest BCUT2D eigenvalue weighted by molar-refractivity contribution is 0.0776. The molecular formula is C10H15N3O2S. The van der Waals surface area contributed by atoms with Crippen LogP contribution in [0.4, 0.5) is 0 Å². The number of amidine groups is 1. The Morgan fingerprint density at radius 1 is 1.62 bits per heavy atom. The maximum atomic E-state index is 12.0. The van der Waals surface area contributed by atoms with Crippen LogP contribution in [0.5, 0.6) is 0 Å². The normalized spacial score (nSPS) is 13.6. The number of nitrogens with two attached hydrogens (primary N) is 1. The molecule has 88 valence electrons. The van der Waals surface area contributed by atoms with Crippen LogP contribution in [0.15, 0.2) is 15.9 Å². The molecule has 0 aliphatic heterocycles. The topological polar surface area (TPSA) is 78.9 Å². The number of amides is 1. The minimum atomic E-state index is -0.434. The minimum Gasteiger partial charge on any atom is -0.409 e. The molecular weight excluding hydrogens is 226 g/mol. The highest BCUT2D eigenvalue weighted by molar-refractivity contribution is 7.08. The number of rotatable bonds is 3. The number of hydrogen-bond acceptors (Lipinski definition) is 4. The van der Waals surface area contributed by atoms with Gasteiger partial charge in [0.25, 0.3) is 5.91 Å². The Bertz CT molecular complexity index is 414. The number of thiophene rings is 1. The number of carbonyl (C=O) groups is 1. The second-order valence-corrected chi connectivity index (χ2v) is 4.33. The molecule has 1 rings (SSSR count). The minimum absolute atomic E-state index is 0.0173. The SMILES string of the molecule is Cc1cscc1C(=O)N(C)C(C)C(N)=NO. The molecule has 1 aromatic heterocycles. The van der Waals surface area contributed by atoms with Crippen molar-refractivity contribution in [1.29, 1.82) is 0 Å². The Balaban J connectivity index is 2.87. The number of carbonyl (C=O) groups excluding carboxylic acids is 1. The molecule has 0 bridgehead atoms. The fourth-order valence-corrected chi connectivity index (χ4v) is 2.05. The van der Waals surface area contributed by atoms with Gasteiger partial charge in [0.2, 0.25) is 0 Å². The van der Waals surface area contributed by atoms with Crippen LogP contribution >= 0.6 is 11.3 Å². The van der Waals surface area contributed by atoms with Gasteiger partial charge in [0.15, 0.2) is 5.84 Å². The number of likely N-dealkylation sites (N-methyl/N-ethyl adjacent to an activating group) is 1. The number of oxime groups is 1. The summed E-state index contributed by atoms with van der Waals surface area (Å²) in [7, 11) is 1.63. The average molecular weight is 241 g/mol. The number of aryl methyl sites for hydroxylation is 1. The molecule has 0 aromatic carbocycles. The lowest BCUT2D eigenvalue weighted by Gasteiger charge is -2.23. The quantitative estimate of drug-likeness (QED) is 0.362. The summed E-state index contributed by atoms with van der Waals surface area (Å²) in [6, 6.07) is -0.434. The van der Waals surface area contributed by atoms with Crippen molar-refractivity contribution >= 4 is 23.1 Å². The molecule has 0 saturated heterocycles. The van der Waals surface area contributed by atoms with Gasteiger partial charge in [-0.3, -0.25) is 4.79 Å². The fourth-order valence-electron chi connectivity index (χ4n) is 1.23. The van der Waals surface area contributed by atoms with Gasteiger partial charge in [-0.05, 0) is 24.8 Å². The molecule has 0 saturated carbocycles. The van der Waals surface area contributed by atoms with Crippen molar-refractivity contribution in [1.82, 2.24) is 4.90 Å². The van der Waals surface area contributed by atoms with E-state index in [4.69, 9.17) is 10.9 Å². The summed E-state index contributed by atoms with van der Waals surface area (Å²) in [5.74, 6) is -0.110. The van der Waals surface area contributed by atoms with Gasteiger partial charge in [-0.15, -0.1) is 0 Å². The first-order valence-electron chi connectivity index (χ1n) is 4.76. The van der Waals surface area contributed by atoms with Gasteiger partial charge in [-0.1, -0.05) is 5.16 Å². The van der Waals surface area contributed by atoms with E-state index >= 15 is 0 Å². The van der Waals surface area contributed by atoms with Crippen molar-refractivity contribution in [3.05, 3.63) is 21.9 Å². The second-order valence-electron chi connectivity index (χ2n) is 3.59. The summed E-state index contributed by atoms with van der Waals surface area (Å²) < 4.78 is 0. The number of nitrogens with zero attached hydrogens (tertiary/aromatic N) is 2. The molecule has 1 aromatic rings. The number of hydrogen-bond donors (Lipinski definition) is 2. The average Bonchev–Trinajstić information content (AvgIpc) is 2.71. The third kappa shape index (κ3) is 2.33. The Labute approximate surface area is 98.2 Å². The molecule has 0 aliphatic carbocycles. The summed E-state index contributed by atoms with van der Waals surface area (Å²) in [6.45, 7) is 3.58. The highest BCUT2D eigenvalue weighted by atomic mass is 32.1. The Morgan fingerprint density at radius 3 is 2.69 bits per heavy atom. The van der Waals surface area contributed by atoms with Crippen LogP contribution in [-0.2, 0) is 0 Å². The first-order valence-corrected chi connectivity index (χ1v) is 5.70. The van der Waals surface area contributed by atoms with Gasteiger partial charge in [-0.2, -0.15) is 11.3 Å². The predicted octanol–water partition coefficient (Wildman–Crippen LogP) is 1.26. The van der Waals surface area contributed by atoms with Gasteiger partial charge in [-0.25, -0.2) is 0 Å². The van der Waals surface area contributed by atoms with E-state index in [1.165, 1.54) is 16.2 Å². The molecule has 1 unspecified atom stereocenters. The predicted molar refractivity (Wildman–Crippen MR) is 64.0 cm³/mol. The lowest BCUT2D eigenvalue weighted by atomic mass is 10.1. The van der Waals surface area contributed by atoms with Crippen molar-refractivity contribution < 1.29 is 10.0 Å². The Hall–Kier alpha value is -1.56. The van der Waals surface area contributed by atoms with Crippen LogP contribution in [0.3, 0.4) is 0 Å². The monoisotopic (exact) mass is 241 g/mol. The largest absolute Gasteiger partial charge is 0.409 e. The van der Waals surface area contributed by atoms with E-state index in [0.29, 0.717) is 5.56 Å². The second kappa shape index (κ2) is 4.98. The molecule has 6 heteroatoms. The highest BCUT2D eigenvalue weighted by Crippen LogP contribution is 2.16. The summed E-state index contributed by atoms with van der Waals surface area (Å²) in [5, 5.41) is 15.2. The smallest absolute Gasteiger partial charge is 0.255 e. The van der Waals surface area contributed by atoms with Crippen molar-refractivity contribution in [3.8, 4) is 0 Å². The molecule has 0 fully saturated rings. The van der Waals surface area contributed by atoms with Crippen LogP contribution in [0.2, 0.25) is 0 Å². The first-order chi connectivity index (χ1) is 7.49. The van der Waals surface area contributed by atoms with E-state index in [9.17, 15) is 4.79 Å². The van der Waals surface area contributed by atoms with E-state index in [1.54, 1.807) is 19.4 Å². The molecule has 16 heavy (non-hydrogen) atoms. The van der Waals surface area contributed by atoms with E-state index in [-0.39, 0.29) is 11.7 Å². The van der Waals surface area contributed by atoms with Crippen LogP contribution in [0.25, 0.3) is 0 Å². The summed E-state index contributed by atoms with van der Waals surface area (Å²) in [4.78, 5) is 13.5. The third-order valence-electron chi connectivity index (χ3n) is 2.53. The van der Waals surface area contributed by atoms with Gasteiger partial charge < -0.3 is 15.8 Å². The van der Waals surface area contributed by atoms with Crippen LogP contribution in [-0.4, -0.2) is 34.9 Å². The third-order valence-corrected chi connectivity index (χ3v) is 3.39. The summed E-state index contributed by atoms with van der Waals surface area (Å²) in [6.07, 6.45) is 0. The summed E-state index contributed by atoms with van der Waals surface area (Å²) >= 11 is 1.48. The molecule has 1 amide bonds. The van der Waals surface area contributed by atoms with Gasteiger partial charge in [0.05, 0.1) is 11.6 Å². The Morgan fingerprint density at radius 2 is 2.25 bits per heavy atom. The molecule has 3 N–H and O–H groups in total. The zero-order chi connectivity index (χ0) is 12.3. The molecule has 0 radical (unpaired) electrons. The maximum absolute atomic E-state index is 12.0. The van der Waals surface area contributed by atoms with E-state index in [1.807, 2.05) is 12.3 Å². The van der Waals surface area contributed by atoms with Crippen LogP contribution in [0, 0.1) is 6.92 Å². The molecule has 0 spiro atoms.